The number of nitrogens with zero attached hydrogens (tertiary/aromatic N) is 1. The molecule has 128 valence electrons. The van der Waals surface area contributed by atoms with E-state index in [1.165, 1.54) is 19.1 Å². The quantitative estimate of drug-likeness (QED) is 0.821. The number of nitrogens with one attached hydrogen (secondary N) is 1. The second kappa shape index (κ2) is 8.91. The maximum Gasteiger partial charge on any atom is 0.390 e. The monoisotopic (exact) mass is 362 g/mol. The molecule has 1 atom stereocenters. The zero-order valence-electron chi connectivity index (χ0n) is 12.1. The lowest BCUT2D eigenvalue weighted by molar-refractivity contribution is -0.148. The van der Waals surface area contributed by atoms with Crippen molar-refractivity contribution in [3.63, 3.8) is 0 Å². The molecule has 2 rings (SSSR count). The fourth-order valence-corrected chi connectivity index (χ4v) is 2.63. The number of benzene rings is 1. The lowest BCUT2D eigenvalue weighted by Crippen LogP contribution is -2.46. The Morgan fingerprint density at radius 2 is 1.77 bits per heavy atom. The highest BCUT2D eigenvalue weighted by Crippen LogP contribution is 2.35. The number of piperazine rings is 1. The van der Waals surface area contributed by atoms with Crippen molar-refractivity contribution in [3.05, 3.63) is 35.1 Å². The van der Waals surface area contributed by atoms with Gasteiger partial charge in [-0.1, -0.05) is 12.1 Å². The van der Waals surface area contributed by atoms with Gasteiger partial charge in [-0.2, -0.15) is 13.2 Å². The predicted octanol–water partition coefficient (Wildman–Crippen LogP) is 3.88. The van der Waals surface area contributed by atoms with E-state index < -0.39 is 24.5 Å². The van der Waals surface area contributed by atoms with Gasteiger partial charge in [-0.3, -0.25) is 4.90 Å². The zero-order valence-corrected chi connectivity index (χ0v) is 13.8. The summed E-state index contributed by atoms with van der Waals surface area (Å²) in [5.41, 5.74) is 0.740. The van der Waals surface area contributed by atoms with Gasteiger partial charge in [0.2, 0.25) is 0 Å². The standard InChI is InChI=1S/C14H18F4N2.2ClH/c1-10-11(3-2-4-12(10)15)13(9-14(16,17)18)20-7-5-19-6-8-20;;/h2-4,13,19H,5-9H2,1H3;2*1H/t13-;;/m0../s1. The lowest BCUT2D eigenvalue weighted by atomic mass is 9.96. The molecule has 1 N–H and O–H groups in total. The Morgan fingerprint density at radius 1 is 1.18 bits per heavy atom. The highest BCUT2D eigenvalue weighted by atomic mass is 35.5. The summed E-state index contributed by atoms with van der Waals surface area (Å²) in [6.45, 7) is 3.93. The van der Waals surface area contributed by atoms with Crippen LogP contribution in [-0.2, 0) is 0 Å². The molecule has 1 fully saturated rings. The van der Waals surface area contributed by atoms with Crippen LogP contribution in [-0.4, -0.2) is 37.3 Å². The van der Waals surface area contributed by atoms with Gasteiger partial charge in [-0.25, -0.2) is 4.39 Å². The van der Waals surface area contributed by atoms with E-state index in [0.717, 1.165) is 0 Å². The number of alkyl halides is 3. The molecule has 2 nitrogen and oxygen atoms in total. The molecule has 0 bridgehead atoms. The first-order valence-corrected chi connectivity index (χ1v) is 6.65. The van der Waals surface area contributed by atoms with Crippen LogP contribution in [0.5, 0.6) is 0 Å². The molecule has 0 unspecified atom stereocenters. The summed E-state index contributed by atoms with van der Waals surface area (Å²) in [4.78, 5) is 1.78. The van der Waals surface area contributed by atoms with Crippen LogP contribution in [0.4, 0.5) is 17.6 Å². The van der Waals surface area contributed by atoms with Crippen molar-refractivity contribution in [2.24, 2.45) is 0 Å². The summed E-state index contributed by atoms with van der Waals surface area (Å²) in [6.07, 6.45) is -5.22. The van der Waals surface area contributed by atoms with E-state index in [1.54, 1.807) is 11.0 Å². The molecule has 1 aliphatic rings. The molecule has 1 aliphatic heterocycles. The molecule has 0 spiro atoms. The van der Waals surface area contributed by atoms with Gasteiger partial charge in [-0.05, 0) is 24.1 Å². The number of hydrogen-bond acceptors (Lipinski definition) is 2. The Morgan fingerprint density at radius 3 is 2.32 bits per heavy atom. The van der Waals surface area contributed by atoms with Crippen molar-refractivity contribution < 1.29 is 17.6 Å². The average Bonchev–Trinajstić information content (AvgIpc) is 2.40. The van der Waals surface area contributed by atoms with Gasteiger partial charge in [0.25, 0.3) is 0 Å². The summed E-state index contributed by atoms with van der Waals surface area (Å²) in [6, 6.07) is 3.54. The Labute approximate surface area is 140 Å². The van der Waals surface area contributed by atoms with Crippen LogP contribution in [0.15, 0.2) is 18.2 Å². The molecule has 22 heavy (non-hydrogen) atoms. The van der Waals surface area contributed by atoms with Gasteiger partial charge in [0.15, 0.2) is 0 Å². The molecule has 0 amide bonds. The third kappa shape index (κ3) is 5.57. The first-order chi connectivity index (χ1) is 9.38. The molecule has 0 radical (unpaired) electrons. The van der Waals surface area contributed by atoms with Gasteiger partial charge in [0, 0.05) is 32.2 Å². The zero-order chi connectivity index (χ0) is 14.8. The van der Waals surface area contributed by atoms with Gasteiger partial charge >= 0.3 is 6.18 Å². The van der Waals surface area contributed by atoms with Crippen LogP contribution in [0.2, 0.25) is 0 Å². The van der Waals surface area contributed by atoms with Crippen LogP contribution in [0.1, 0.15) is 23.6 Å². The van der Waals surface area contributed by atoms with Crippen molar-refractivity contribution in [1.29, 1.82) is 0 Å². The summed E-state index contributed by atoms with van der Waals surface area (Å²) < 4.78 is 52.2. The minimum atomic E-state index is -4.27. The van der Waals surface area contributed by atoms with E-state index in [4.69, 9.17) is 0 Å². The van der Waals surface area contributed by atoms with E-state index in [-0.39, 0.29) is 24.8 Å². The number of rotatable bonds is 3. The highest BCUT2D eigenvalue weighted by molar-refractivity contribution is 5.85. The minimum Gasteiger partial charge on any atom is -0.314 e. The molecule has 0 aromatic heterocycles. The maximum atomic E-state index is 13.6. The second-order valence-electron chi connectivity index (χ2n) is 5.08. The summed E-state index contributed by atoms with van der Waals surface area (Å²) >= 11 is 0. The average molecular weight is 363 g/mol. The van der Waals surface area contributed by atoms with E-state index in [9.17, 15) is 17.6 Å². The summed E-state index contributed by atoms with van der Waals surface area (Å²) in [5.74, 6) is -0.454. The molecular formula is C14H20Cl2F4N2. The van der Waals surface area contributed by atoms with Gasteiger partial charge in [0.1, 0.15) is 5.82 Å². The molecule has 1 saturated heterocycles. The molecule has 1 heterocycles. The third-order valence-electron chi connectivity index (χ3n) is 3.69. The van der Waals surface area contributed by atoms with Crippen molar-refractivity contribution in [1.82, 2.24) is 10.2 Å². The van der Waals surface area contributed by atoms with Crippen molar-refractivity contribution in [2.45, 2.75) is 25.6 Å². The molecule has 0 aliphatic carbocycles. The Balaban J connectivity index is 0.00000220. The smallest absolute Gasteiger partial charge is 0.314 e. The van der Waals surface area contributed by atoms with Crippen LogP contribution in [0, 0.1) is 12.7 Å². The third-order valence-corrected chi connectivity index (χ3v) is 3.69. The highest BCUT2D eigenvalue weighted by Gasteiger charge is 2.36. The normalized spacial score (nSPS) is 17.3. The van der Waals surface area contributed by atoms with Crippen molar-refractivity contribution in [3.8, 4) is 0 Å². The van der Waals surface area contributed by atoms with E-state index in [2.05, 4.69) is 5.32 Å². The van der Waals surface area contributed by atoms with Crippen molar-refractivity contribution in [2.75, 3.05) is 26.2 Å². The van der Waals surface area contributed by atoms with Gasteiger partial charge in [-0.15, -0.1) is 24.8 Å². The molecule has 1 aromatic carbocycles. The minimum absolute atomic E-state index is 0. The fourth-order valence-electron chi connectivity index (χ4n) is 2.63. The van der Waals surface area contributed by atoms with Gasteiger partial charge in [0.05, 0.1) is 6.42 Å². The number of halogens is 6. The first kappa shape index (κ1) is 21.4. The topological polar surface area (TPSA) is 15.3 Å². The Hall–Kier alpha value is -0.560. The molecule has 0 saturated carbocycles. The second-order valence-corrected chi connectivity index (χ2v) is 5.08. The first-order valence-electron chi connectivity index (χ1n) is 6.65. The van der Waals surface area contributed by atoms with E-state index in [1.807, 2.05) is 0 Å². The predicted molar refractivity (Wildman–Crippen MR) is 83.5 cm³/mol. The van der Waals surface area contributed by atoms with E-state index >= 15 is 0 Å². The maximum absolute atomic E-state index is 13.6. The summed E-state index contributed by atoms with van der Waals surface area (Å²) in [5, 5.41) is 3.11. The largest absolute Gasteiger partial charge is 0.390 e. The van der Waals surface area contributed by atoms with Crippen LogP contribution in [0.25, 0.3) is 0 Å². The van der Waals surface area contributed by atoms with Crippen LogP contribution < -0.4 is 5.32 Å². The molecule has 1 aromatic rings. The van der Waals surface area contributed by atoms with Crippen LogP contribution >= 0.6 is 24.8 Å². The molecule has 8 heteroatoms. The SMILES string of the molecule is Cc1c(F)cccc1[C@H](CC(F)(F)F)N1CCNCC1.Cl.Cl. The van der Waals surface area contributed by atoms with Gasteiger partial charge < -0.3 is 5.32 Å². The lowest BCUT2D eigenvalue weighted by Gasteiger charge is -2.36. The van der Waals surface area contributed by atoms with Crippen molar-refractivity contribution >= 4 is 24.8 Å². The number of hydrogen-bond donors (Lipinski definition) is 1. The van der Waals surface area contributed by atoms with E-state index in [0.29, 0.717) is 37.3 Å². The molecular weight excluding hydrogens is 343 g/mol. The fraction of sp³-hybridized carbons (Fsp3) is 0.571. The Kier molecular flexibility index (Phi) is 8.69. The summed E-state index contributed by atoms with van der Waals surface area (Å²) in [7, 11) is 0. The van der Waals surface area contributed by atoms with Crippen LogP contribution in [0.3, 0.4) is 0 Å². The Bertz CT molecular complexity index is 463.